The Morgan fingerprint density at radius 3 is 2.32 bits per heavy atom. The van der Waals surface area contributed by atoms with Crippen molar-refractivity contribution in [2.45, 2.75) is 32.1 Å². The van der Waals surface area contributed by atoms with Crippen LogP contribution >= 0.6 is 0 Å². The zero-order valence-corrected chi connectivity index (χ0v) is 14.0. The monoisotopic (exact) mass is 343 g/mol. The van der Waals surface area contributed by atoms with E-state index in [1.807, 2.05) is 0 Å². The van der Waals surface area contributed by atoms with Crippen molar-refractivity contribution in [3.63, 3.8) is 0 Å². The lowest BCUT2D eigenvalue weighted by molar-refractivity contribution is -0.134. The first-order valence-electron chi connectivity index (χ1n) is 8.32. The first kappa shape index (κ1) is 18.5. The van der Waals surface area contributed by atoms with Crippen LogP contribution in [0.5, 0.6) is 0 Å². The van der Waals surface area contributed by atoms with E-state index in [2.05, 4.69) is 5.32 Å². The molecule has 0 bridgehead atoms. The fraction of sp³-hybridized carbons (Fsp3) is 0.444. The minimum Gasteiger partial charge on any atom is -0.452 e. The number of likely N-dealkylation sites (tertiary alicyclic amines) is 1. The molecule has 2 rings (SSSR count). The number of nitrogens with one attached hydrogen (secondary N) is 1. The molecule has 0 radical (unpaired) electrons. The quantitative estimate of drug-likeness (QED) is 0.825. The van der Waals surface area contributed by atoms with E-state index in [1.54, 1.807) is 23.1 Å². The summed E-state index contributed by atoms with van der Waals surface area (Å²) in [5, 5.41) is 11.0. The molecule has 1 N–H and O–H groups in total. The summed E-state index contributed by atoms with van der Waals surface area (Å²) in [6.07, 6.45) is 3.99. The van der Waals surface area contributed by atoms with Gasteiger partial charge in [0.2, 0.25) is 5.91 Å². The maximum atomic E-state index is 12.1. The van der Waals surface area contributed by atoms with E-state index >= 15 is 0 Å². The highest BCUT2D eigenvalue weighted by atomic mass is 16.5. The Hall–Kier alpha value is -2.88. The number of hydrogen-bond donors (Lipinski definition) is 1. The molecule has 0 spiro atoms. The zero-order chi connectivity index (χ0) is 18.1. The lowest BCUT2D eigenvalue weighted by Gasteiger charge is -2.19. The molecule has 25 heavy (non-hydrogen) atoms. The summed E-state index contributed by atoms with van der Waals surface area (Å²) >= 11 is 0. The van der Waals surface area contributed by atoms with Gasteiger partial charge < -0.3 is 15.0 Å². The van der Waals surface area contributed by atoms with E-state index in [0.717, 1.165) is 25.7 Å². The first-order chi connectivity index (χ1) is 12.1. The van der Waals surface area contributed by atoms with Crippen molar-refractivity contribution in [2.75, 3.05) is 25.0 Å². The number of hydrogen-bond acceptors (Lipinski definition) is 5. The molecule has 1 aromatic rings. The van der Waals surface area contributed by atoms with Crippen molar-refractivity contribution in [1.82, 2.24) is 4.90 Å². The summed E-state index contributed by atoms with van der Waals surface area (Å²) in [7, 11) is 0. The summed E-state index contributed by atoms with van der Waals surface area (Å²) in [6, 6.07) is 7.84. The largest absolute Gasteiger partial charge is 0.452 e. The third-order valence-corrected chi connectivity index (χ3v) is 3.93. The normalized spacial score (nSPS) is 14.1. The minimum atomic E-state index is -0.585. The number of rotatable bonds is 5. The van der Waals surface area contributed by atoms with Gasteiger partial charge in [-0.2, -0.15) is 5.26 Å². The Morgan fingerprint density at radius 1 is 1.08 bits per heavy atom. The lowest BCUT2D eigenvalue weighted by atomic mass is 10.2. The second kappa shape index (κ2) is 9.42. The highest BCUT2D eigenvalue weighted by Gasteiger charge is 2.17. The third-order valence-electron chi connectivity index (χ3n) is 3.93. The number of nitrogens with zero attached hydrogens (tertiary/aromatic N) is 2. The second-order valence-electron chi connectivity index (χ2n) is 5.83. The number of carbonyl (C=O) groups excluding carboxylic acids is 3. The van der Waals surface area contributed by atoms with E-state index in [0.29, 0.717) is 24.3 Å². The molecular formula is C18H21N3O4. The van der Waals surface area contributed by atoms with Gasteiger partial charge in [0.1, 0.15) is 6.42 Å². The van der Waals surface area contributed by atoms with Crippen LogP contribution in [0, 0.1) is 11.3 Å². The van der Waals surface area contributed by atoms with Crippen LogP contribution in [0.2, 0.25) is 0 Å². The molecule has 1 aromatic carbocycles. The van der Waals surface area contributed by atoms with Crippen molar-refractivity contribution in [1.29, 1.82) is 5.26 Å². The van der Waals surface area contributed by atoms with Crippen LogP contribution in [0.25, 0.3) is 0 Å². The maximum Gasteiger partial charge on any atom is 0.338 e. The van der Waals surface area contributed by atoms with Crippen molar-refractivity contribution >= 4 is 23.5 Å². The van der Waals surface area contributed by atoms with Crippen LogP contribution in [-0.2, 0) is 14.3 Å². The minimum absolute atomic E-state index is 0.171. The molecule has 2 amide bonds. The fourth-order valence-electron chi connectivity index (χ4n) is 2.59. The van der Waals surface area contributed by atoms with Gasteiger partial charge in [-0.3, -0.25) is 9.59 Å². The number of benzene rings is 1. The number of carbonyl (C=O) groups is 3. The highest BCUT2D eigenvalue weighted by molar-refractivity contribution is 5.94. The Labute approximate surface area is 146 Å². The van der Waals surface area contributed by atoms with E-state index in [1.165, 1.54) is 12.1 Å². The van der Waals surface area contributed by atoms with Crippen LogP contribution in [0.4, 0.5) is 5.69 Å². The average molecular weight is 343 g/mol. The Kier molecular flexibility index (Phi) is 6.96. The van der Waals surface area contributed by atoms with Gasteiger partial charge in [-0.05, 0) is 37.1 Å². The number of esters is 1. The van der Waals surface area contributed by atoms with Crippen molar-refractivity contribution in [3.05, 3.63) is 29.8 Å². The molecular weight excluding hydrogens is 322 g/mol. The standard InChI is InChI=1S/C18H21N3O4/c19-10-9-16(22)20-15-7-5-14(6-8-15)18(24)25-13-17(23)21-11-3-1-2-4-12-21/h5-8H,1-4,9,11-13H2,(H,20,22). The lowest BCUT2D eigenvalue weighted by Crippen LogP contribution is -2.35. The van der Waals surface area contributed by atoms with Crippen molar-refractivity contribution in [3.8, 4) is 6.07 Å². The highest BCUT2D eigenvalue weighted by Crippen LogP contribution is 2.12. The van der Waals surface area contributed by atoms with E-state index in [9.17, 15) is 14.4 Å². The van der Waals surface area contributed by atoms with Crippen molar-refractivity contribution in [2.24, 2.45) is 0 Å². The summed E-state index contributed by atoms with van der Waals surface area (Å²) < 4.78 is 5.08. The Balaban J connectivity index is 1.83. The third kappa shape index (κ3) is 5.92. The molecule has 0 aliphatic carbocycles. The van der Waals surface area contributed by atoms with Gasteiger partial charge in [-0.15, -0.1) is 0 Å². The van der Waals surface area contributed by atoms with E-state index < -0.39 is 11.9 Å². The van der Waals surface area contributed by atoms with Crippen LogP contribution < -0.4 is 5.32 Å². The summed E-state index contributed by atoms with van der Waals surface area (Å²) in [5.41, 5.74) is 0.777. The number of nitriles is 1. The summed E-state index contributed by atoms with van der Waals surface area (Å²) in [5.74, 6) is -1.17. The molecule has 1 heterocycles. The number of ether oxygens (including phenoxy) is 1. The number of anilines is 1. The molecule has 0 atom stereocenters. The van der Waals surface area contributed by atoms with Crippen molar-refractivity contribution < 1.29 is 19.1 Å². The van der Waals surface area contributed by atoms with Gasteiger partial charge in [0.15, 0.2) is 6.61 Å². The van der Waals surface area contributed by atoms with Gasteiger partial charge >= 0.3 is 5.97 Å². The molecule has 0 unspecified atom stereocenters. The summed E-state index contributed by atoms with van der Waals surface area (Å²) in [4.78, 5) is 37.2. The van der Waals surface area contributed by atoms with Crippen LogP contribution in [-0.4, -0.2) is 42.4 Å². The smallest absolute Gasteiger partial charge is 0.338 e. The Morgan fingerprint density at radius 2 is 1.72 bits per heavy atom. The molecule has 7 nitrogen and oxygen atoms in total. The number of amides is 2. The fourth-order valence-corrected chi connectivity index (χ4v) is 2.59. The second-order valence-corrected chi connectivity index (χ2v) is 5.83. The van der Waals surface area contributed by atoms with E-state index in [4.69, 9.17) is 10.00 Å². The molecule has 1 saturated heterocycles. The maximum absolute atomic E-state index is 12.1. The molecule has 0 aromatic heterocycles. The molecule has 1 aliphatic rings. The van der Waals surface area contributed by atoms with Crippen LogP contribution in [0.15, 0.2) is 24.3 Å². The topological polar surface area (TPSA) is 99.5 Å². The molecule has 1 fully saturated rings. The molecule has 7 heteroatoms. The summed E-state index contributed by atoms with van der Waals surface area (Å²) in [6.45, 7) is 1.17. The van der Waals surface area contributed by atoms with Gasteiger partial charge in [0, 0.05) is 18.8 Å². The van der Waals surface area contributed by atoms with Crippen LogP contribution in [0.3, 0.4) is 0 Å². The SMILES string of the molecule is N#CCC(=O)Nc1ccc(C(=O)OCC(=O)N2CCCCCC2)cc1. The molecule has 1 aliphatic heterocycles. The molecule has 0 saturated carbocycles. The average Bonchev–Trinajstić information content (AvgIpc) is 2.89. The van der Waals surface area contributed by atoms with Crippen LogP contribution in [0.1, 0.15) is 42.5 Å². The predicted molar refractivity (Wildman–Crippen MR) is 90.6 cm³/mol. The predicted octanol–water partition coefficient (Wildman–Crippen LogP) is 2.10. The van der Waals surface area contributed by atoms with Gasteiger partial charge in [0.25, 0.3) is 5.91 Å². The van der Waals surface area contributed by atoms with Gasteiger partial charge in [0.05, 0.1) is 11.6 Å². The Bertz CT molecular complexity index is 656. The zero-order valence-electron chi connectivity index (χ0n) is 14.0. The van der Waals surface area contributed by atoms with Gasteiger partial charge in [-0.25, -0.2) is 4.79 Å². The van der Waals surface area contributed by atoms with E-state index in [-0.39, 0.29) is 18.9 Å². The van der Waals surface area contributed by atoms with Gasteiger partial charge in [-0.1, -0.05) is 12.8 Å². The molecule has 132 valence electrons. The first-order valence-corrected chi connectivity index (χ1v) is 8.32.